The van der Waals surface area contributed by atoms with Crippen molar-refractivity contribution in [3.8, 4) is 5.75 Å². The lowest BCUT2D eigenvalue weighted by atomic mass is 9.82. The summed E-state index contributed by atoms with van der Waals surface area (Å²) in [6.45, 7) is 7.11. The Morgan fingerprint density at radius 1 is 1.22 bits per heavy atom. The molecule has 0 bridgehead atoms. The van der Waals surface area contributed by atoms with Crippen molar-refractivity contribution in [3.63, 3.8) is 0 Å². The number of hydrogen-bond donors (Lipinski definition) is 3. The number of benzene rings is 2. The molecule has 2 aromatic carbocycles. The predicted octanol–water partition coefficient (Wildman–Crippen LogP) is 3.93. The number of carbonyl (C=O) groups is 4. The Kier molecular flexibility index (Phi) is 8.48. The second-order valence-electron chi connectivity index (χ2n) is 10.1. The van der Waals surface area contributed by atoms with Gasteiger partial charge in [-0.15, -0.1) is 0 Å². The number of aromatic carboxylic acids is 1. The Morgan fingerprint density at radius 2 is 1.92 bits per heavy atom. The molecule has 2 aromatic rings. The fourth-order valence-corrected chi connectivity index (χ4v) is 4.51. The van der Waals surface area contributed by atoms with Crippen molar-refractivity contribution >= 4 is 35.4 Å². The Balaban J connectivity index is 1.82. The van der Waals surface area contributed by atoms with Crippen LogP contribution in [0.2, 0.25) is 5.02 Å². The molecule has 4 amide bonds. The van der Waals surface area contributed by atoms with E-state index in [1.807, 2.05) is 20.8 Å². The molecule has 198 valence electrons. The topological polar surface area (TPSA) is 125 Å². The third-order valence-electron chi connectivity index (χ3n) is 6.34. The molecule has 0 aromatic heterocycles. The number of methoxy groups -OCH3 is 1. The standard InChI is InChI=1S/C27H32ClN3O6/c1-15(16-6-8-20(25(34)35)21(12-16)27(2,3)4)30-26(36)31-14-23(32)29-13-18(24(31)33)10-17-11-19(28)7-9-22(17)37-5/h6-9,11-12,15,18H,10,13-14H2,1-5H3,(H,29,32)(H,30,36)(H,34,35)/t15-,18-/m1/s1. The van der Waals surface area contributed by atoms with Gasteiger partial charge in [0.2, 0.25) is 11.8 Å². The number of hydrogen-bond acceptors (Lipinski definition) is 5. The number of urea groups is 1. The fourth-order valence-electron chi connectivity index (χ4n) is 4.31. The van der Waals surface area contributed by atoms with Crippen molar-refractivity contribution in [2.24, 2.45) is 5.92 Å². The van der Waals surface area contributed by atoms with E-state index in [1.54, 1.807) is 37.3 Å². The first kappa shape index (κ1) is 28.0. The molecule has 0 radical (unpaired) electrons. The van der Waals surface area contributed by atoms with Gasteiger partial charge in [0.25, 0.3) is 0 Å². The SMILES string of the molecule is COc1ccc(Cl)cc1C[C@@H]1CNC(=O)CN(C(=O)N[C@H](C)c2ccc(C(=O)O)c(C(C)(C)C)c2)C1=O. The van der Waals surface area contributed by atoms with Crippen LogP contribution < -0.4 is 15.4 Å². The minimum Gasteiger partial charge on any atom is -0.496 e. The second kappa shape index (κ2) is 11.2. The average Bonchev–Trinajstić information content (AvgIpc) is 2.96. The molecule has 0 spiro atoms. The predicted molar refractivity (Wildman–Crippen MR) is 139 cm³/mol. The molecule has 10 heteroatoms. The number of carboxylic acids is 1. The van der Waals surface area contributed by atoms with Gasteiger partial charge in [-0.25, -0.2) is 9.59 Å². The second-order valence-corrected chi connectivity index (χ2v) is 10.6. The van der Waals surface area contributed by atoms with Gasteiger partial charge in [-0.05, 0) is 59.7 Å². The molecule has 1 aliphatic heterocycles. The third kappa shape index (κ3) is 6.60. The number of rotatable bonds is 6. The zero-order valence-electron chi connectivity index (χ0n) is 21.6. The van der Waals surface area contributed by atoms with Crippen LogP contribution in [0.4, 0.5) is 4.79 Å². The van der Waals surface area contributed by atoms with Gasteiger partial charge in [0.15, 0.2) is 0 Å². The van der Waals surface area contributed by atoms with Gasteiger partial charge in [-0.1, -0.05) is 44.5 Å². The number of imide groups is 1. The zero-order valence-corrected chi connectivity index (χ0v) is 22.3. The van der Waals surface area contributed by atoms with E-state index in [-0.39, 0.29) is 18.5 Å². The first-order chi connectivity index (χ1) is 17.3. The van der Waals surface area contributed by atoms with Crippen LogP contribution in [0, 0.1) is 5.92 Å². The van der Waals surface area contributed by atoms with Crippen molar-refractivity contribution in [2.45, 2.75) is 45.6 Å². The van der Waals surface area contributed by atoms with Crippen LogP contribution in [-0.4, -0.2) is 54.0 Å². The number of nitrogens with zero attached hydrogens (tertiary/aromatic N) is 1. The lowest BCUT2D eigenvalue weighted by Gasteiger charge is -2.26. The summed E-state index contributed by atoms with van der Waals surface area (Å²) >= 11 is 6.13. The van der Waals surface area contributed by atoms with Gasteiger partial charge >= 0.3 is 12.0 Å². The first-order valence-corrected chi connectivity index (χ1v) is 12.3. The van der Waals surface area contributed by atoms with Gasteiger partial charge in [0.05, 0.1) is 24.6 Å². The van der Waals surface area contributed by atoms with Gasteiger partial charge in [0, 0.05) is 11.6 Å². The summed E-state index contributed by atoms with van der Waals surface area (Å²) in [6, 6.07) is 8.70. The molecule has 0 unspecified atom stereocenters. The van der Waals surface area contributed by atoms with Crippen molar-refractivity contribution in [3.05, 3.63) is 63.7 Å². The number of carboxylic acid groups (broad SMARTS) is 1. The van der Waals surface area contributed by atoms with Crippen LogP contribution >= 0.6 is 11.6 Å². The maximum atomic E-state index is 13.4. The molecule has 0 saturated carbocycles. The Hall–Kier alpha value is -3.59. The zero-order chi connectivity index (χ0) is 27.5. The minimum atomic E-state index is -1.03. The van der Waals surface area contributed by atoms with Crippen molar-refractivity contribution < 1.29 is 29.0 Å². The van der Waals surface area contributed by atoms with Crippen molar-refractivity contribution in [2.75, 3.05) is 20.2 Å². The van der Waals surface area contributed by atoms with E-state index in [0.717, 1.165) is 4.90 Å². The van der Waals surface area contributed by atoms with Crippen LogP contribution in [0.5, 0.6) is 5.75 Å². The van der Waals surface area contributed by atoms with E-state index < -0.39 is 47.7 Å². The highest BCUT2D eigenvalue weighted by molar-refractivity contribution is 6.30. The Morgan fingerprint density at radius 3 is 2.54 bits per heavy atom. The molecule has 0 aliphatic carbocycles. The van der Waals surface area contributed by atoms with E-state index in [9.17, 15) is 24.3 Å². The smallest absolute Gasteiger partial charge is 0.335 e. The molecular weight excluding hydrogens is 498 g/mol. The van der Waals surface area contributed by atoms with Crippen molar-refractivity contribution in [1.29, 1.82) is 0 Å². The number of nitrogens with one attached hydrogen (secondary N) is 2. The molecule has 9 nitrogen and oxygen atoms in total. The van der Waals surface area contributed by atoms with E-state index in [1.165, 1.54) is 13.2 Å². The molecule has 3 N–H and O–H groups in total. The lowest BCUT2D eigenvalue weighted by Crippen LogP contribution is -2.48. The molecular formula is C27H32ClN3O6. The number of halogens is 1. The third-order valence-corrected chi connectivity index (χ3v) is 6.57. The summed E-state index contributed by atoms with van der Waals surface area (Å²) in [4.78, 5) is 51.5. The Labute approximate surface area is 221 Å². The Bertz CT molecular complexity index is 1220. The maximum Gasteiger partial charge on any atom is 0.335 e. The van der Waals surface area contributed by atoms with E-state index in [0.29, 0.717) is 27.5 Å². The van der Waals surface area contributed by atoms with E-state index in [4.69, 9.17) is 16.3 Å². The average molecular weight is 530 g/mol. The number of carbonyl (C=O) groups excluding carboxylic acids is 3. The van der Waals surface area contributed by atoms with Gasteiger partial charge < -0.3 is 20.5 Å². The summed E-state index contributed by atoms with van der Waals surface area (Å²) in [5.41, 5.74) is 1.73. The normalized spacial score (nSPS) is 17.0. The lowest BCUT2D eigenvalue weighted by molar-refractivity contribution is -0.133. The van der Waals surface area contributed by atoms with E-state index in [2.05, 4.69) is 10.6 Å². The number of amides is 4. The fraction of sp³-hybridized carbons (Fsp3) is 0.407. The van der Waals surface area contributed by atoms with Crippen LogP contribution in [0.1, 0.15) is 60.8 Å². The summed E-state index contributed by atoms with van der Waals surface area (Å²) in [5, 5.41) is 15.5. The van der Waals surface area contributed by atoms with Crippen LogP contribution in [0.3, 0.4) is 0 Å². The largest absolute Gasteiger partial charge is 0.496 e. The molecule has 1 heterocycles. The van der Waals surface area contributed by atoms with Crippen LogP contribution in [0.25, 0.3) is 0 Å². The first-order valence-electron chi connectivity index (χ1n) is 11.9. The highest BCUT2D eigenvalue weighted by Gasteiger charge is 2.35. The summed E-state index contributed by atoms with van der Waals surface area (Å²) in [6.07, 6.45) is 0.216. The summed E-state index contributed by atoms with van der Waals surface area (Å²) in [5.74, 6) is -2.13. The maximum absolute atomic E-state index is 13.4. The van der Waals surface area contributed by atoms with Gasteiger partial charge in [0.1, 0.15) is 12.3 Å². The van der Waals surface area contributed by atoms with Crippen molar-refractivity contribution in [1.82, 2.24) is 15.5 Å². The monoisotopic (exact) mass is 529 g/mol. The number of ether oxygens (including phenoxy) is 1. The van der Waals surface area contributed by atoms with Gasteiger partial charge in [-0.3, -0.25) is 14.5 Å². The minimum absolute atomic E-state index is 0.0677. The van der Waals surface area contributed by atoms with E-state index >= 15 is 0 Å². The highest BCUT2D eigenvalue weighted by atomic mass is 35.5. The summed E-state index contributed by atoms with van der Waals surface area (Å²) in [7, 11) is 1.51. The summed E-state index contributed by atoms with van der Waals surface area (Å²) < 4.78 is 5.38. The molecule has 3 rings (SSSR count). The van der Waals surface area contributed by atoms with Crippen LogP contribution in [-0.2, 0) is 21.4 Å². The quantitative estimate of drug-likeness (QED) is 0.520. The highest BCUT2D eigenvalue weighted by Crippen LogP contribution is 2.30. The van der Waals surface area contributed by atoms with Gasteiger partial charge in [-0.2, -0.15) is 0 Å². The molecule has 1 saturated heterocycles. The molecule has 1 aliphatic rings. The molecule has 2 atom stereocenters. The van der Waals surface area contributed by atoms with Crippen LogP contribution in [0.15, 0.2) is 36.4 Å². The molecule has 37 heavy (non-hydrogen) atoms. The molecule has 1 fully saturated rings.